The van der Waals surface area contributed by atoms with Gasteiger partial charge in [0, 0.05) is 5.56 Å². The molecule has 0 saturated carbocycles. The van der Waals surface area contributed by atoms with Crippen molar-refractivity contribution >= 4 is 23.9 Å². The van der Waals surface area contributed by atoms with Gasteiger partial charge in [-0.1, -0.05) is 24.3 Å². The van der Waals surface area contributed by atoms with Crippen LogP contribution in [0.2, 0.25) is 0 Å². The number of benzene rings is 2. The van der Waals surface area contributed by atoms with Crippen LogP contribution in [0, 0.1) is 6.92 Å². The van der Waals surface area contributed by atoms with Gasteiger partial charge in [-0.05, 0) is 42.3 Å². The molecule has 7 nitrogen and oxygen atoms in total. The van der Waals surface area contributed by atoms with E-state index in [0.29, 0.717) is 17.1 Å². The van der Waals surface area contributed by atoms with E-state index in [1.165, 1.54) is 14.2 Å². The molecule has 7 heteroatoms. The van der Waals surface area contributed by atoms with Gasteiger partial charge < -0.3 is 18.9 Å². The van der Waals surface area contributed by atoms with Crippen LogP contribution in [-0.2, 0) is 19.1 Å². The third kappa shape index (κ3) is 4.20. The molecule has 1 heterocycles. The summed E-state index contributed by atoms with van der Waals surface area (Å²) in [6.45, 7) is 1.69. The summed E-state index contributed by atoms with van der Waals surface area (Å²) in [6.07, 6.45) is 1.60. The predicted molar refractivity (Wildman–Crippen MR) is 102 cm³/mol. The Morgan fingerprint density at radius 3 is 2.64 bits per heavy atom. The molecule has 0 aliphatic carbocycles. The van der Waals surface area contributed by atoms with Crippen molar-refractivity contribution in [2.75, 3.05) is 20.8 Å². The second-order valence-electron chi connectivity index (χ2n) is 5.93. The molecule has 144 valence electrons. The maximum absolute atomic E-state index is 12.2. The number of hydrogen-bond donors (Lipinski definition) is 0. The molecule has 0 atom stereocenters. The van der Waals surface area contributed by atoms with Crippen molar-refractivity contribution in [3.05, 3.63) is 64.9 Å². The summed E-state index contributed by atoms with van der Waals surface area (Å²) in [4.78, 5) is 27.7. The summed E-state index contributed by atoms with van der Waals surface area (Å²) >= 11 is 0. The van der Waals surface area contributed by atoms with Crippen LogP contribution in [-0.4, -0.2) is 38.7 Å². The summed E-state index contributed by atoms with van der Waals surface area (Å²) in [5, 5.41) is 0. The van der Waals surface area contributed by atoms with Gasteiger partial charge in [0.25, 0.3) is 0 Å². The molecule has 2 aromatic carbocycles. The Balaban J connectivity index is 1.85. The summed E-state index contributed by atoms with van der Waals surface area (Å²) in [5.41, 5.74) is 2.58. The van der Waals surface area contributed by atoms with E-state index in [-0.39, 0.29) is 18.2 Å². The van der Waals surface area contributed by atoms with Crippen LogP contribution in [0.25, 0.3) is 6.08 Å². The average Bonchev–Trinajstić information content (AvgIpc) is 3.06. The molecule has 28 heavy (non-hydrogen) atoms. The highest BCUT2D eigenvalue weighted by atomic mass is 16.6. The van der Waals surface area contributed by atoms with Gasteiger partial charge in [0.2, 0.25) is 5.90 Å². The van der Waals surface area contributed by atoms with E-state index in [1.54, 1.807) is 24.3 Å². The fourth-order valence-electron chi connectivity index (χ4n) is 2.58. The van der Waals surface area contributed by atoms with Gasteiger partial charge in [0.05, 0.1) is 14.2 Å². The van der Waals surface area contributed by atoms with E-state index < -0.39 is 11.9 Å². The minimum atomic E-state index is -0.525. The highest BCUT2D eigenvalue weighted by molar-refractivity contribution is 6.13. The van der Waals surface area contributed by atoms with Gasteiger partial charge in [-0.3, -0.25) is 0 Å². The van der Waals surface area contributed by atoms with Crippen molar-refractivity contribution in [3.8, 4) is 11.5 Å². The largest absolute Gasteiger partial charge is 0.493 e. The number of hydrogen-bond acceptors (Lipinski definition) is 7. The zero-order chi connectivity index (χ0) is 20.1. The van der Waals surface area contributed by atoms with Gasteiger partial charge in [-0.2, -0.15) is 0 Å². The van der Waals surface area contributed by atoms with Crippen LogP contribution in [0.5, 0.6) is 11.5 Å². The molecule has 0 aromatic heterocycles. The van der Waals surface area contributed by atoms with Crippen molar-refractivity contribution in [1.82, 2.24) is 0 Å². The number of esters is 2. The molecule has 0 saturated heterocycles. The van der Waals surface area contributed by atoms with E-state index in [1.807, 2.05) is 31.2 Å². The molecule has 0 N–H and O–H groups in total. The van der Waals surface area contributed by atoms with Gasteiger partial charge >= 0.3 is 11.9 Å². The first-order valence-electron chi connectivity index (χ1n) is 8.48. The van der Waals surface area contributed by atoms with E-state index in [2.05, 4.69) is 9.73 Å². The van der Waals surface area contributed by atoms with Crippen molar-refractivity contribution < 1.29 is 28.5 Å². The number of carbonyl (C=O) groups excluding carboxylic acids is 2. The van der Waals surface area contributed by atoms with E-state index >= 15 is 0 Å². The van der Waals surface area contributed by atoms with Gasteiger partial charge in [0.1, 0.15) is 0 Å². The van der Waals surface area contributed by atoms with Crippen LogP contribution < -0.4 is 9.47 Å². The molecule has 0 fully saturated rings. The lowest BCUT2D eigenvalue weighted by atomic mass is 10.1. The number of ether oxygens (including phenoxy) is 4. The molecule has 2 aromatic rings. The van der Waals surface area contributed by atoms with Crippen molar-refractivity contribution in [2.24, 2.45) is 4.99 Å². The SMILES string of the molecule is COC(=O)COc1ccc(/C=C2\N=C(c3ccccc3C)OC2=O)cc1OC. The average molecular weight is 381 g/mol. The number of methoxy groups -OCH3 is 2. The van der Waals surface area contributed by atoms with Crippen LogP contribution in [0.4, 0.5) is 0 Å². The first kappa shape index (κ1) is 19.2. The number of aryl methyl sites for hydroxylation is 1. The third-order valence-corrected chi connectivity index (χ3v) is 4.06. The fourth-order valence-corrected chi connectivity index (χ4v) is 2.58. The van der Waals surface area contributed by atoms with Crippen LogP contribution >= 0.6 is 0 Å². The molecule has 3 rings (SSSR count). The second kappa shape index (κ2) is 8.39. The first-order valence-corrected chi connectivity index (χ1v) is 8.48. The van der Waals surface area contributed by atoms with Gasteiger partial charge in [0.15, 0.2) is 23.8 Å². The molecule has 0 bridgehead atoms. The molecule has 1 aliphatic rings. The summed E-state index contributed by atoms with van der Waals surface area (Å²) in [6, 6.07) is 12.6. The number of aliphatic imine (C=N–C) groups is 1. The summed E-state index contributed by atoms with van der Waals surface area (Å²) in [7, 11) is 2.76. The molecular weight excluding hydrogens is 362 g/mol. The van der Waals surface area contributed by atoms with Crippen LogP contribution in [0.15, 0.2) is 53.2 Å². The Kier molecular flexibility index (Phi) is 5.74. The third-order valence-electron chi connectivity index (χ3n) is 4.06. The Bertz CT molecular complexity index is 977. The molecule has 1 aliphatic heterocycles. The summed E-state index contributed by atoms with van der Waals surface area (Å²) < 4.78 is 20.5. The maximum Gasteiger partial charge on any atom is 0.363 e. The number of rotatable bonds is 6. The van der Waals surface area contributed by atoms with Gasteiger partial charge in [-0.15, -0.1) is 0 Å². The smallest absolute Gasteiger partial charge is 0.363 e. The lowest BCUT2D eigenvalue weighted by molar-refractivity contribution is -0.143. The molecule has 0 spiro atoms. The quantitative estimate of drug-likeness (QED) is 0.565. The lowest BCUT2D eigenvalue weighted by Crippen LogP contribution is -2.12. The van der Waals surface area contributed by atoms with Gasteiger partial charge in [-0.25, -0.2) is 14.6 Å². The second-order valence-corrected chi connectivity index (χ2v) is 5.93. The van der Waals surface area contributed by atoms with Crippen LogP contribution in [0.1, 0.15) is 16.7 Å². The minimum Gasteiger partial charge on any atom is -0.493 e. The Morgan fingerprint density at radius 2 is 1.93 bits per heavy atom. The lowest BCUT2D eigenvalue weighted by Gasteiger charge is -2.10. The predicted octanol–water partition coefficient (Wildman–Crippen LogP) is 2.90. The number of carbonyl (C=O) groups is 2. The zero-order valence-corrected chi connectivity index (χ0v) is 15.7. The van der Waals surface area contributed by atoms with E-state index in [4.69, 9.17) is 14.2 Å². The maximum atomic E-state index is 12.2. The Labute approximate surface area is 162 Å². The van der Waals surface area contributed by atoms with Crippen molar-refractivity contribution in [2.45, 2.75) is 6.92 Å². The minimum absolute atomic E-state index is 0.184. The normalized spacial score (nSPS) is 14.5. The van der Waals surface area contributed by atoms with E-state index in [0.717, 1.165) is 11.1 Å². The molecular formula is C21H19NO6. The van der Waals surface area contributed by atoms with Crippen LogP contribution in [0.3, 0.4) is 0 Å². The number of nitrogens with zero attached hydrogens (tertiary/aromatic N) is 1. The molecule has 0 amide bonds. The van der Waals surface area contributed by atoms with Crippen molar-refractivity contribution in [1.29, 1.82) is 0 Å². The van der Waals surface area contributed by atoms with Crippen molar-refractivity contribution in [3.63, 3.8) is 0 Å². The monoisotopic (exact) mass is 381 g/mol. The highest BCUT2D eigenvalue weighted by Gasteiger charge is 2.25. The molecule has 0 radical (unpaired) electrons. The highest BCUT2D eigenvalue weighted by Crippen LogP contribution is 2.30. The Morgan fingerprint density at radius 1 is 1.14 bits per heavy atom. The van der Waals surface area contributed by atoms with E-state index in [9.17, 15) is 9.59 Å². The topological polar surface area (TPSA) is 83.4 Å². The standard InChI is InChI=1S/C21H19NO6/c1-13-6-4-5-7-15(13)20-22-16(21(24)28-20)10-14-8-9-17(18(11-14)25-2)27-12-19(23)26-3/h4-11H,12H2,1-3H3/b16-10-. The Hall–Kier alpha value is -3.61. The molecule has 0 unspecified atom stereocenters. The zero-order valence-electron chi connectivity index (χ0n) is 15.7. The first-order chi connectivity index (χ1) is 13.5. The summed E-state index contributed by atoms with van der Waals surface area (Å²) in [5.74, 6) is 0.0449. The number of cyclic esters (lactones) is 1. The fraction of sp³-hybridized carbons (Fsp3) is 0.190.